The van der Waals surface area contributed by atoms with E-state index in [1.54, 1.807) is 0 Å². The second-order valence-corrected chi connectivity index (χ2v) is 7.82. The van der Waals surface area contributed by atoms with Crippen molar-refractivity contribution >= 4 is 0 Å². The lowest BCUT2D eigenvalue weighted by molar-refractivity contribution is 0.0557. The Morgan fingerprint density at radius 1 is 1.05 bits per heavy atom. The lowest BCUT2D eigenvalue weighted by Crippen LogP contribution is -2.55. The van der Waals surface area contributed by atoms with Gasteiger partial charge in [0.1, 0.15) is 0 Å². The van der Waals surface area contributed by atoms with Gasteiger partial charge in [0, 0.05) is 18.6 Å². The van der Waals surface area contributed by atoms with E-state index < -0.39 is 0 Å². The lowest BCUT2D eigenvalue weighted by atomic mass is 9.84. The smallest absolute Gasteiger partial charge is 0.0331 e. The molecule has 0 amide bonds. The van der Waals surface area contributed by atoms with Gasteiger partial charge in [-0.1, -0.05) is 39.0 Å². The largest absolute Gasteiger partial charge is 0.329 e. The summed E-state index contributed by atoms with van der Waals surface area (Å²) < 4.78 is 0. The molecule has 0 heterocycles. The van der Waals surface area contributed by atoms with Crippen LogP contribution in [0.2, 0.25) is 0 Å². The number of fused-ring (bicyclic) bond motifs is 2. The van der Waals surface area contributed by atoms with Gasteiger partial charge in [0.25, 0.3) is 0 Å². The van der Waals surface area contributed by atoms with E-state index in [0.717, 1.165) is 24.3 Å². The zero-order valence-electron chi connectivity index (χ0n) is 13.4. The van der Waals surface area contributed by atoms with Crippen molar-refractivity contribution in [2.45, 2.75) is 76.7 Å². The molecule has 0 aromatic rings. The molecule has 20 heavy (non-hydrogen) atoms. The fraction of sp³-hybridized carbons (Fsp3) is 1.00. The van der Waals surface area contributed by atoms with Crippen LogP contribution in [-0.2, 0) is 0 Å². The highest BCUT2D eigenvalue weighted by Crippen LogP contribution is 2.49. The number of likely N-dealkylation sites (N-methyl/N-ethyl adjacent to an activating group) is 1. The highest BCUT2D eigenvalue weighted by atomic mass is 15.2. The van der Waals surface area contributed by atoms with Gasteiger partial charge in [-0.05, 0) is 56.4 Å². The molecule has 0 spiro atoms. The highest BCUT2D eigenvalue weighted by molar-refractivity contribution is 4.97. The Labute approximate surface area is 125 Å². The molecule has 3 fully saturated rings. The number of hydrogen-bond donors (Lipinski definition) is 1. The fourth-order valence-electron chi connectivity index (χ4n) is 5.58. The van der Waals surface area contributed by atoms with Crippen LogP contribution >= 0.6 is 0 Å². The number of hydrogen-bond acceptors (Lipinski definition) is 2. The molecule has 0 aromatic heterocycles. The third-order valence-corrected chi connectivity index (χ3v) is 6.81. The molecule has 2 heteroatoms. The molecule has 116 valence electrons. The van der Waals surface area contributed by atoms with Crippen molar-refractivity contribution in [3.63, 3.8) is 0 Å². The van der Waals surface area contributed by atoms with E-state index in [-0.39, 0.29) is 0 Å². The summed E-state index contributed by atoms with van der Waals surface area (Å²) in [6, 6.07) is 0. The normalized spacial score (nSPS) is 36.5. The molecule has 2 nitrogen and oxygen atoms in total. The molecule has 2 bridgehead atoms. The maximum atomic E-state index is 6.29. The highest BCUT2D eigenvalue weighted by Gasteiger charge is 2.43. The van der Waals surface area contributed by atoms with E-state index in [0.29, 0.717) is 5.54 Å². The molecule has 3 atom stereocenters. The van der Waals surface area contributed by atoms with Gasteiger partial charge in [0.15, 0.2) is 0 Å². The van der Waals surface area contributed by atoms with Crippen LogP contribution in [-0.4, -0.2) is 30.1 Å². The minimum absolute atomic E-state index is 0.340. The summed E-state index contributed by atoms with van der Waals surface area (Å²) in [6.45, 7) is 5.77. The average molecular weight is 278 g/mol. The average Bonchev–Trinajstić information content (AvgIpc) is 3.01. The summed E-state index contributed by atoms with van der Waals surface area (Å²) in [6.07, 6.45) is 14.4. The van der Waals surface area contributed by atoms with Crippen molar-refractivity contribution in [2.24, 2.45) is 23.5 Å². The molecule has 0 radical (unpaired) electrons. The van der Waals surface area contributed by atoms with Crippen LogP contribution in [0.4, 0.5) is 0 Å². The van der Waals surface area contributed by atoms with Crippen molar-refractivity contribution < 1.29 is 0 Å². The molecule has 3 unspecified atom stereocenters. The molecular weight excluding hydrogens is 244 g/mol. The summed E-state index contributed by atoms with van der Waals surface area (Å²) in [5, 5.41) is 0. The van der Waals surface area contributed by atoms with Gasteiger partial charge in [-0.25, -0.2) is 0 Å². The van der Waals surface area contributed by atoms with Crippen LogP contribution in [0.5, 0.6) is 0 Å². The van der Waals surface area contributed by atoms with E-state index in [9.17, 15) is 0 Å². The molecular formula is C18H34N2. The Kier molecular flexibility index (Phi) is 4.72. The molecule has 3 aliphatic rings. The summed E-state index contributed by atoms with van der Waals surface area (Å²) >= 11 is 0. The summed E-state index contributed by atoms with van der Waals surface area (Å²) in [5.74, 6) is 3.11. The zero-order valence-corrected chi connectivity index (χ0v) is 13.4. The third kappa shape index (κ3) is 2.78. The fourth-order valence-corrected chi connectivity index (χ4v) is 5.58. The van der Waals surface area contributed by atoms with E-state index >= 15 is 0 Å². The summed E-state index contributed by atoms with van der Waals surface area (Å²) in [5.41, 5.74) is 6.63. The Bertz CT molecular complexity index is 307. The SMILES string of the molecule is CCN(CC1CC2CCC1C2)C1(CN)CCCCCC1. The van der Waals surface area contributed by atoms with Gasteiger partial charge >= 0.3 is 0 Å². The van der Waals surface area contributed by atoms with Gasteiger partial charge in [0.05, 0.1) is 0 Å². The first-order valence-electron chi connectivity index (χ1n) is 9.22. The van der Waals surface area contributed by atoms with Crippen molar-refractivity contribution in [3.8, 4) is 0 Å². The predicted molar refractivity (Wildman–Crippen MR) is 85.7 cm³/mol. The quantitative estimate of drug-likeness (QED) is 0.775. The van der Waals surface area contributed by atoms with Crippen molar-refractivity contribution in [1.29, 1.82) is 0 Å². The molecule has 3 aliphatic carbocycles. The van der Waals surface area contributed by atoms with Crippen LogP contribution in [0.15, 0.2) is 0 Å². The standard InChI is InChI=1S/C18H34N2/c1-2-20(13-17-12-15-7-8-16(17)11-15)18(14-19)9-5-3-4-6-10-18/h15-17H,2-14,19H2,1H3. The van der Waals surface area contributed by atoms with Gasteiger partial charge < -0.3 is 5.73 Å². The van der Waals surface area contributed by atoms with Crippen molar-refractivity contribution in [2.75, 3.05) is 19.6 Å². The second-order valence-electron chi connectivity index (χ2n) is 7.82. The van der Waals surface area contributed by atoms with Crippen LogP contribution < -0.4 is 5.73 Å². The summed E-state index contributed by atoms with van der Waals surface area (Å²) in [7, 11) is 0. The van der Waals surface area contributed by atoms with E-state index in [4.69, 9.17) is 5.73 Å². The number of rotatable bonds is 5. The minimum Gasteiger partial charge on any atom is -0.329 e. The maximum absolute atomic E-state index is 6.29. The zero-order chi connectivity index (χ0) is 14.0. The van der Waals surface area contributed by atoms with Gasteiger partial charge in [-0.2, -0.15) is 0 Å². The Balaban J connectivity index is 1.67. The van der Waals surface area contributed by atoms with Crippen LogP contribution in [0.3, 0.4) is 0 Å². The minimum atomic E-state index is 0.340. The molecule has 2 N–H and O–H groups in total. The van der Waals surface area contributed by atoms with E-state index in [2.05, 4.69) is 11.8 Å². The maximum Gasteiger partial charge on any atom is 0.0331 e. The van der Waals surface area contributed by atoms with E-state index in [1.165, 1.54) is 77.3 Å². The van der Waals surface area contributed by atoms with Crippen LogP contribution in [0.25, 0.3) is 0 Å². The topological polar surface area (TPSA) is 29.3 Å². The third-order valence-electron chi connectivity index (χ3n) is 6.81. The first kappa shape index (κ1) is 14.8. The van der Waals surface area contributed by atoms with Crippen molar-refractivity contribution in [3.05, 3.63) is 0 Å². The Morgan fingerprint density at radius 3 is 2.30 bits per heavy atom. The lowest BCUT2D eigenvalue weighted by Gasteiger charge is -2.45. The molecule has 0 aromatic carbocycles. The summed E-state index contributed by atoms with van der Waals surface area (Å²) in [4.78, 5) is 2.81. The van der Waals surface area contributed by atoms with Crippen LogP contribution in [0.1, 0.15) is 71.1 Å². The first-order chi connectivity index (χ1) is 9.77. The number of nitrogens with zero attached hydrogens (tertiary/aromatic N) is 1. The molecule has 0 aliphatic heterocycles. The first-order valence-corrected chi connectivity index (χ1v) is 9.22. The van der Waals surface area contributed by atoms with E-state index in [1.807, 2.05) is 0 Å². The van der Waals surface area contributed by atoms with Gasteiger partial charge in [-0.15, -0.1) is 0 Å². The predicted octanol–water partition coefficient (Wildman–Crippen LogP) is 3.80. The van der Waals surface area contributed by atoms with Crippen LogP contribution in [0, 0.1) is 17.8 Å². The Morgan fingerprint density at radius 2 is 1.80 bits per heavy atom. The van der Waals surface area contributed by atoms with Gasteiger partial charge in [0.2, 0.25) is 0 Å². The van der Waals surface area contributed by atoms with Gasteiger partial charge in [-0.3, -0.25) is 4.90 Å². The van der Waals surface area contributed by atoms with Crippen molar-refractivity contribution in [1.82, 2.24) is 4.90 Å². The Hall–Kier alpha value is -0.0800. The second kappa shape index (κ2) is 6.36. The molecule has 3 saturated carbocycles. The monoisotopic (exact) mass is 278 g/mol. The molecule has 3 rings (SSSR count). The molecule has 0 saturated heterocycles. The number of nitrogens with two attached hydrogens (primary N) is 1.